The van der Waals surface area contributed by atoms with Gasteiger partial charge in [0, 0.05) is 6.20 Å². The first-order chi connectivity index (χ1) is 10.2. The van der Waals surface area contributed by atoms with Crippen LogP contribution in [0.15, 0.2) is 30.7 Å². The molecule has 0 aliphatic rings. The van der Waals surface area contributed by atoms with Gasteiger partial charge in [-0.1, -0.05) is 6.07 Å². The van der Waals surface area contributed by atoms with Gasteiger partial charge in [0.1, 0.15) is 18.5 Å². The molecule has 1 heterocycles. The van der Waals surface area contributed by atoms with Gasteiger partial charge >= 0.3 is 5.97 Å². The molecule has 1 aromatic heterocycles. The molecule has 0 saturated heterocycles. The molecule has 0 fully saturated rings. The Balaban J connectivity index is 2.26. The average molecular weight is 290 g/mol. The number of para-hydroxylation sites is 1. The Bertz CT molecular complexity index is 623. The van der Waals surface area contributed by atoms with Gasteiger partial charge in [0.05, 0.1) is 19.9 Å². The maximum atomic E-state index is 11.1. The van der Waals surface area contributed by atoms with Gasteiger partial charge < -0.3 is 19.3 Å². The van der Waals surface area contributed by atoms with Crippen molar-refractivity contribution in [2.75, 3.05) is 14.2 Å². The van der Waals surface area contributed by atoms with Gasteiger partial charge in [0.25, 0.3) is 0 Å². The molecular weight excluding hydrogens is 276 g/mol. The number of carboxylic acid groups (broad SMARTS) is 1. The lowest BCUT2D eigenvalue weighted by Gasteiger charge is -2.14. The predicted octanol–water partition coefficient (Wildman–Crippen LogP) is 1.77. The fourth-order valence-corrected chi connectivity index (χ4v) is 1.75. The van der Waals surface area contributed by atoms with Crippen LogP contribution in [0, 0.1) is 0 Å². The van der Waals surface area contributed by atoms with E-state index in [1.807, 2.05) is 0 Å². The third-order valence-electron chi connectivity index (χ3n) is 2.76. The van der Waals surface area contributed by atoms with E-state index in [9.17, 15) is 4.79 Å². The van der Waals surface area contributed by atoms with Crippen molar-refractivity contribution in [2.24, 2.45) is 0 Å². The lowest BCUT2D eigenvalue weighted by atomic mass is 10.2. The molecule has 0 saturated carbocycles. The number of methoxy groups -OCH3 is 2. The molecule has 0 aliphatic carbocycles. The predicted molar refractivity (Wildman–Crippen MR) is 72.9 cm³/mol. The Morgan fingerprint density at radius 1 is 1.24 bits per heavy atom. The zero-order valence-corrected chi connectivity index (χ0v) is 11.6. The number of ether oxygens (including phenoxy) is 3. The smallest absolute Gasteiger partial charge is 0.339 e. The van der Waals surface area contributed by atoms with Gasteiger partial charge in [0.2, 0.25) is 5.75 Å². The van der Waals surface area contributed by atoms with E-state index in [0.717, 1.165) is 0 Å². The van der Waals surface area contributed by atoms with E-state index < -0.39 is 5.97 Å². The Labute approximate surface area is 121 Å². The largest absolute Gasteiger partial charge is 0.493 e. The molecule has 0 spiro atoms. The highest BCUT2D eigenvalue weighted by Gasteiger charge is 2.15. The standard InChI is InChI=1S/C14H14N2O5/c1-19-11-4-3-5-12(20-2)13(11)21-7-10-9(14(17)18)6-15-8-16-10/h3-6,8H,7H2,1-2H3,(H,17,18). The van der Waals surface area contributed by atoms with Crippen molar-refractivity contribution in [1.29, 1.82) is 0 Å². The number of carbonyl (C=O) groups is 1. The summed E-state index contributed by atoms with van der Waals surface area (Å²) in [5, 5.41) is 9.08. The molecule has 1 N–H and O–H groups in total. The van der Waals surface area contributed by atoms with Crippen LogP contribution in [0.3, 0.4) is 0 Å². The Kier molecular flexibility index (Phi) is 4.55. The number of hydrogen-bond donors (Lipinski definition) is 1. The average Bonchev–Trinajstić information content (AvgIpc) is 2.52. The van der Waals surface area contributed by atoms with Crippen molar-refractivity contribution in [1.82, 2.24) is 9.97 Å². The summed E-state index contributed by atoms with van der Waals surface area (Å²) in [5.74, 6) is 0.249. The molecule has 0 unspecified atom stereocenters. The van der Waals surface area contributed by atoms with Crippen LogP contribution in [-0.2, 0) is 6.61 Å². The van der Waals surface area contributed by atoms with E-state index in [0.29, 0.717) is 17.2 Å². The highest BCUT2D eigenvalue weighted by atomic mass is 16.5. The highest BCUT2D eigenvalue weighted by Crippen LogP contribution is 2.37. The molecular formula is C14H14N2O5. The van der Waals surface area contributed by atoms with Crippen molar-refractivity contribution in [2.45, 2.75) is 6.61 Å². The maximum Gasteiger partial charge on any atom is 0.339 e. The van der Waals surface area contributed by atoms with Crippen molar-refractivity contribution in [3.8, 4) is 17.2 Å². The van der Waals surface area contributed by atoms with E-state index in [4.69, 9.17) is 19.3 Å². The van der Waals surface area contributed by atoms with Crippen LogP contribution in [0.5, 0.6) is 17.2 Å². The van der Waals surface area contributed by atoms with Gasteiger partial charge in [-0.05, 0) is 12.1 Å². The fraction of sp³-hybridized carbons (Fsp3) is 0.214. The number of nitrogens with zero attached hydrogens (tertiary/aromatic N) is 2. The normalized spacial score (nSPS) is 10.0. The van der Waals surface area contributed by atoms with Crippen LogP contribution in [0.4, 0.5) is 0 Å². The second-order valence-corrected chi connectivity index (χ2v) is 3.97. The zero-order valence-electron chi connectivity index (χ0n) is 11.6. The van der Waals surface area contributed by atoms with E-state index in [1.54, 1.807) is 18.2 Å². The van der Waals surface area contributed by atoms with Crippen molar-refractivity contribution in [3.05, 3.63) is 42.0 Å². The van der Waals surface area contributed by atoms with E-state index >= 15 is 0 Å². The van der Waals surface area contributed by atoms with Crippen molar-refractivity contribution >= 4 is 5.97 Å². The molecule has 2 rings (SSSR count). The van der Waals surface area contributed by atoms with E-state index in [1.165, 1.54) is 26.7 Å². The van der Waals surface area contributed by atoms with Crippen molar-refractivity contribution in [3.63, 3.8) is 0 Å². The van der Waals surface area contributed by atoms with Gasteiger partial charge in [-0.15, -0.1) is 0 Å². The number of aromatic carboxylic acids is 1. The molecule has 1 aromatic carbocycles. The van der Waals surface area contributed by atoms with Gasteiger partial charge in [-0.25, -0.2) is 14.8 Å². The molecule has 0 radical (unpaired) electrons. The summed E-state index contributed by atoms with van der Waals surface area (Å²) in [6.07, 6.45) is 2.50. The number of aromatic nitrogens is 2. The Morgan fingerprint density at radius 2 is 1.90 bits per heavy atom. The van der Waals surface area contributed by atoms with Crippen LogP contribution >= 0.6 is 0 Å². The second-order valence-electron chi connectivity index (χ2n) is 3.97. The SMILES string of the molecule is COc1cccc(OC)c1OCc1ncncc1C(=O)O. The number of carboxylic acids is 1. The number of benzene rings is 1. The lowest BCUT2D eigenvalue weighted by Crippen LogP contribution is -2.09. The molecule has 0 aliphatic heterocycles. The monoisotopic (exact) mass is 290 g/mol. The summed E-state index contributed by atoms with van der Waals surface area (Å²) in [6.45, 7) is -0.0408. The summed E-state index contributed by atoms with van der Waals surface area (Å²) in [4.78, 5) is 18.7. The van der Waals surface area contributed by atoms with Crippen LogP contribution in [-0.4, -0.2) is 35.3 Å². The summed E-state index contributed by atoms with van der Waals surface area (Å²) in [6, 6.07) is 5.20. The molecule has 0 amide bonds. The topological polar surface area (TPSA) is 90.8 Å². The summed E-state index contributed by atoms with van der Waals surface area (Å²) < 4.78 is 16.0. The number of hydrogen-bond acceptors (Lipinski definition) is 6. The number of rotatable bonds is 6. The van der Waals surface area contributed by atoms with Crippen molar-refractivity contribution < 1.29 is 24.1 Å². The van der Waals surface area contributed by atoms with Crippen LogP contribution in [0.25, 0.3) is 0 Å². The van der Waals surface area contributed by atoms with Crippen LogP contribution < -0.4 is 14.2 Å². The molecule has 110 valence electrons. The first-order valence-electron chi connectivity index (χ1n) is 6.03. The third-order valence-corrected chi connectivity index (χ3v) is 2.76. The van der Waals surface area contributed by atoms with Gasteiger partial charge in [-0.2, -0.15) is 0 Å². The molecule has 0 bridgehead atoms. The Morgan fingerprint density at radius 3 is 2.48 bits per heavy atom. The molecule has 21 heavy (non-hydrogen) atoms. The minimum atomic E-state index is -1.11. The Hall–Kier alpha value is -2.83. The fourth-order valence-electron chi connectivity index (χ4n) is 1.75. The minimum absolute atomic E-state index is 0.00800. The summed E-state index contributed by atoms with van der Waals surface area (Å²) >= 11 is 0. The first kappa shape index (κ1) is 14.6. The third kappa shape index (κ3) is 3.19. The summed E-state index contributed by atoms with van der Waals surface area (Å²) in [5.41, 5.74) is 0.261. The maximum absolute atomic E-state index is 11.1. The van der Waals surface area contributed by atoms with Gasteiger partial charge in [0.15, 0.2) is 11.5 Å². The molecule has 7 heteroatoms. The van der Waals surface area contributed by atoms with Crippen LogP contribution in [0.1, 0.15) is 16.1 Å². The second kappa shape index (κ2) is 6.56. The van der Waals surface area contributed by atoms with E-state index in [-0.39, 0.29) is 17.9 Å². The highest BCUT2D eigenvalue weighted by molar-refractivity contribution is 5.88. The quantitative estimate of drug-likeness (QED) is 0.866. The van der Waals surface area contributed by atoms with Crippen LogP contribution in [0.2, 0.25) is 0 Å². The molecule has 2 aromatic rings. The molecule has 0 atom stereocenters. The molecule has 7 nitrogen and oxygen atoms in total. The zero-order chi connectivity index (χ0) is 15.2. The first-order valence-corrected chi connectivity index (χ1v) is 6.03. The minimum Gasteiger partial charge on any atom is -0.493 e. The van der Waals surface area contributed by atoms with E-state index in [2.05, 4.69) is 9.97 Å². The van der Waals surface area contributed by atoms with Gasteiger partial charge in [-0.3, -0.25) is 0 Å². The summed E-state index contributed by atoms with van der Waals surface area (Å²) in [7, 11) is 3.02. The lowest BCUT2D eigenvalue weighted by molar-refractivity contribution is 0.0692.